The van der Waals surface area contributed by atoms with E-state index in [-0.39, 0.29) is 0 Å². The van der Waals surface area contributed by atoms with Gasteiger partial charge in [0.25, 0.3) is 0 Å². The van der Waals surface area contributed by atoms with Crippen LogP contribution in [0.1, 0.15) is 5.56 Å². The van der Waals surface area contributed by atoms with Crippen LogP contribution in [0.15, 0.2) is 54.2 Å². The predicted molar refractivity (Wildman–Crippen MR) is 106 cm³/mol. The molecule has 1 aliphatic heterocycles. The van der Waals surface area contributed by atoms with Crippen molar-refractivity contribution < 1.29 is 4.74 Å². The molecule has 4 rings (SSSR count). The summed E-state index contributed by atoms with van der Waals surface area (Å²) in [6.45, 7) is 4.87. The summed E-state index contributed by atoms with van der Waals surface area (Å²) in [5.41, 5.74) is 2.62. The molecule has 0 atom stereocenters. The van der Waals surface area contributed by atoms with E-state index in [4.69, 9.17) is 4.74 Å². The molecule has 26 heavy (non-hydrogen) atoms. The monoisotopic (exact) mass is 366 g/mol. The van der Waals surface area contributed by atoms with Crippen molar-refractivity contribution in [1.29, 1.82) is 0 Å². The first-order valence-electron chi connectivity index (χ1n) is 8.79. The van der Waals surface area contributed by atoms with Gasteiger partial charge in [0, 0.05) is 45.1 Å². The minimum Gasteiger partial charge on any atom is -0.495 e. The van der Waals surface area contributed by atoms with Crippen molar-refractivity contribution in [3.8, 4) is 16.2 Å². The standard InChI is InChI=1S/C20H22N4OS/c1-25-18-7-14-26-19(18)17-6-3-2-5-16(17)15-23-10-12-24(13-11-23)20-21-8-4-9-22-20/h2-9,14H,10-13,15H2,1H3. The SMILES string of the molecule is COc1ccsc1-c1ccccc1CN1CCN(c2ncccn2)CC1. The molecule has 0 aliphatic carbocycles. The van der Waals surface area contributed by atoms with E-state index in [2.05, 4.69) is 49.4 Å². The highest BCUT2D eigenvalue weighted by atomic mass is 32.1. The molecule has 0 bridgehead atoms. The highest BCUT2D eigenvalue weighted by molar-refractivity contribution is 7.14. The zero-order chi connectivity index (χ0) is 17.8. The summed E-state index contributed by atoms with van der Waals surface area (Å²) in [7, 11) is 1.74. The number of hydrogen-bond acceptors (Lipinski definition) is 6. The van der Waals surface area contributed by atoms with Gasteiger partial charge in [-0.1, -0.05) is 24.3 Å². The summed E-state index contributed by atoms with van der Waals surface area (Å²) in [6, 6.07) is 12.5. The van der Waals surface area contributed by atoms with Gasteiger partial charge in [-0.2, -0.15) is 0 Å². The van der Waals surface area contributed by atoms with Crippen molar-refractivity contribution in [3.63, 3.8) is 0 Å². The molecule has 0 amide bonds. The average Bonchev–Trinajstić information content (AvgIpc) is 3.18. The first kappa shape index (κ1) is 17.0. The molecule has 134 valence electrons. The van der Waals surface area contributed by atoms with E-state index in [1.807, 2.05) is 12.1 Å². The smallest absolute Gasteiger partial charge is 0.225 e. The van der Waals surface area contributed by atoms with Gasteiger partial charge in [-0.3, -0.25) is 4.90 Å². The number of benzene rings is 1. The van der Waals surface area contributed by atoms with E-state index < -0.39 is 0 Å². The molecule has 0 spiro atoms. The second-order valence-corrected chi connectivity index (χ2v) is 7.20. The van der Waals surface area contributed by atoms with Crippen molar-refractivity contribution in [2.45, 2.75) is 6.54 Å². The lowest BCUT2D eigenvalue weighted by Gasteiger charge is -2.35. The number of rotatable bonds is 5. The number of aromatic nitrogens is 2. The van der Waals surface area contributed by atoms with Crippen LogP contribution in [0.5, 0.6) is 5.75 Å². The van der Waals surface area contributed by atoms with Gasteiger partial charge < -0.3 is 9.64 Å². The quantitative estimate of drug-likeness (QED) is 0.691. The third-order valence-corrected chi connectivity index (χ3v) is 5.64. The molecule has 0 unspecified atom stereocenters. The maximum Gasteiger partial charge on any atom is 0.225 e. The summed E-state index contributed by atoms with van der Waals surface area (Å²) >= 11 is 1.73. The van der Waals surface area contributed by atoms with Crippen LogP contribution in [-0.2, 0) is 6.54 Å². The third kappa shape index (κ3) is 3.57. The molecular formula is C20H22N4OS. The molecule has 0 radical (unpaired) electrons. The summed E-state index contributed by atoms with van der Waals surface area (Å²) in [5, 5.41) is 2.09. The van der Waals surface area contributed by atoms with Crippen LogP contribution in [0.2, 0.25) is 0 Å². The van der Waals surface area contributed by atoms with E-state index >= 15 is 0 Å². The Morgan fingerprint density at radius 2 is 1.77 bits per heavy atom. The first-order chi connectivity index (χ1) is 12.8. The minimum atomic E-state index is 0.830. The lowest BCUT2D eigenvalue weighted by atomic mass is 10.0. The number of hydrogen-bond donors (Lipinski definition) is 0. The van der Waals surface area contributed by atoms with Gasteiger partial charge in [0.05, 0.1) is 12.0 Å². The van der Waals surface area contributed by atoms with Crippen LogP contribution in [0.3, 0.4) is 0 Å². The average molecular weight is 366 g/mol. The highest BCUT2D eigenvalue weighted by Crippen LogP contribution is 2.37. The number of nitrogens with zero attached hydrogens (tertiary/aromatic N) is 4. The first-order valence-corrected chi connectivity index (χ1v) is 9.67. The van der Waals surface area contributed by atoms with Crippen molar-refractivity contribution in [2.24, 2.45) is 0 Å². The molecule has 0 N–H and O–H groups in total. The number of ether oxygens (including phenoxy) is 1. The Hall–Kier alpha value is -2.44. The van der Waals surface area contributed by atoms with Crippen molar-refractivity contribution in [3.05, 3.63) is 59.7 Å². The number of methoxy groups -OCH3 is 1. The van der Waals surface area contributed by atoms with E-state index in [9.17, 15) is 0 Å². The number of piperazine rings is 1. The normalized spacial score (nSPS) is 15.2. The van der Waals surface area contributed by atoms with E-state index in [0.717, 1.165) is 44.4 Å². The Morgan fingerprint density at radius 1 is 1.00 bits per heavy atom. The lowest BCUT2D eigenvalue weighted by Crippen LogP contribution is -2.46. The topological polar surface area (TPSA) is 41.5 Å². The molecule has 1 aliphatic rings. The van der Waals surface area contributed by atoms with Crippen molar-refractivity contribution >= 4 is 17.3 Å². The lowest BCUT2D eigenvalue weighted by molar-refractivity contribution is 0.249. The van der Waals surface area contributed by atoms with Crippen LogP contribution in [0, 0.1) is 0 Å². The fourth-order valence-electron chi connectivity index (χ4n) is 3.34. The molecule has 0 saturated carbocycles. The maximum atomic E-state index is 5.52. The number of thiophene rings is 1. The Bertz CT molecular complexity index is 844. The number of anilines is 1. The van der Waals surface area contributed by atoms with E-state index in [1.165, 1.54) is 16.0 Å². The summed E-state index contributed by atoms with van der Waals surface area (Å²) in [6.07, 6.45) is 3.61. The fraction of sp³-hybridized carbons (Fsp3) is 0.300. The zero-order valence-corrected chi connectivity index (χ0v) is 15.7. The van der Waals surface area contributed by atoms with E-state index in [0.29, 0.717) is 0 Å². The van der Waals surface area contributed by atoms with Gasteiger partial charge >= 0.3 is 0 Å². The largest absolute Gasteiger partial charge is 0.495 e. The van der Waals surface area contributed by atoms with Crippen LogP contribution in [-0.4, -0.2) is 48.2 Å². The second kappa shape index (κ2) is 7.85. The Morgan fingerprint density at radius 3 is 2.54 bits per heavy atom. The molecule has 6 heteroatoms. The van der Waals surface area contributed by atoms with Crippen LogP contribution >= 0.6 is 11.3 Å². The Balaban J connectivity index is 1.46. The summed E-state index contributed by atoms with van der Waals surface area (Å²) in [5.74, 6) is 1.78. The van der Waals surface area contributed by atoms with Crippen LogP contribution < -0.4 is 9.64 Å². The predicted octanol–water partition coefficient (Wildman–Crippen LogP) is 3.54. The molecule has 1 saturated heterocycles. The van der Waals surface area contributed by atoms with Gasteiger partial charge in [0.1, 0.15) is 5.75 Å². The van der Waals surface area contributed by atoms with Crippen molar-refractivity contribution in [2.75, 3.05) is 38.2 Å². The molecule has 3 heterocycles. The maximum absolute atomic E-state index is 5.52. The van der Waals surface area contributed by atoms with Gasteiger partial charge in [-0.15, -0.1) is 11.3 Å². The van der Waals surface area contributed by atoms with Gasteiger partial charge in [-0.25, -0.2) is 9.97 Å². The molecular weight excluding hydrogens is 344 g/mol. The third-order valence-electron chi connectivity index (χ3n) is 4.71. The van der Waals surface area contributed by atoms with E-state index in [1.54, 1.807) is 30.8 Å². The minimum absolute atomic E-state index is 0.830. The van der Waals surface area contributed by atoms with Gasteiger partial charge in [-0.05, 0) is 28.6 Å². The van der Waals surface area contributed by atoms with Gasteiger partial charge in [0.2, 0.25) is 5.95 Å². The molecule has 3 aromatic rings. The highest BCUT2D eigenvalue weighted by Gasteiger charge is 2.20. The molecule has 2 aromatic heterocycles. The second-order valence-electron chi connectivity index (χ2n) is 6.29. The van der Waals surface area contributed by atoms with Crippen LogP contribution in [0.4, 0.5) is 5.95 Å². The fourth-order valence-corrected chi connectivity index (χ4v) is 4.26. The van der Waals surface area contributed by atoms with Crippen molar-refractivity contribution in [1.82, 2.24) is 14.9 Å². The van der Waals surface area contributed by atoms with Crippen LogP contribution in [0.25, 0.3) is 10.4 Å². The summed E-state index contributed by atoms with van der Waals surface area (Å²) < 4.78 is 5.52. The Kier molecular flexibility index (Phi) is 5.13. The molecule has 5 nitrogen and oxygen atoms in total. The zero-order valence-electron chi connectivity index (χ0n) is 14.8. The molecule has 1 fully saturated rings. The summed E-state index contributed by atoms with van der Waals surface area (Å²) in [4.78, 5) is 14.7. The van der Waals surface area contributed by atoms with Gasteiger partial charge in [0.15, 0.2) is 0 Å². The molecule has 1 aromatic carbocycles. The Labute approximate surface area is 157 Å².